The first-order chi connectivity index (χ1) is 4.63. The number of hydrogen-bond acceptors (Lipinski definition) is 5. The van der Waals surface area contributed by atoms with Crippen LogP contribution < -0.4 is 0 Å². The predicted molar refractivity (Wildman–Crippen MR) is 30.0 cm³/mol. The molecule has 0 aromatic carbocycles. The summed E-state index contributed by atoms with van der Waals surface area (Å²) in [6.45, 7) is -0.153. The van der Waals surface area contributed by atoms with Gasteiger partial charge in [0.1, 0.15) is 18.3 Å². The number of hydrogen-bond donors (Lipinski definition) is 4. The fraction of sp³-hybridized carbons (Fsp3) is 1.00. The zero-order valence-corrected chi connectivity index (χ0v) is 5.21. The molecule has 1 heterocycles. The molecule has 1 saturated heterocycles. The lowest BCUT2D eigenvalue weighted by molar-refractivity contribution is -0.252. The lowest BCUT2D eigenvalue weighted by Crippen LogP contribution is -2.52. The van der Waals surface area contributed by atoms with E-state index < -0.39 is 24.6 Å². The molecule has 0 aromatic heterocycles. The van der Waals surface area contributed by atoms with Crippen molar-refractivity contribution in [2.45, 2.75) is 24.6 Å². The van der Waals surface area contributed by atoms with Crippen molar-refractivity contribution in [3.05, 3.63) is 0 Å². The topological polar surface area (TPSA) is 90.2 Å². The molecular formula is C5H10O5. The molecule has 5 heteroatoms. The molecule has 4 atom stereocenters. The Morgan fingerprint density at radius 2 is 1.60 bits per heavy atom. The molecule has 0 amide bonds. The monoisotopic (exact) mass is 150 g/mol. The van der Waals surface area contributed by atoms with Gasteiger partial charge in [-0.3, -0.25) is 0 Å². The molecule has 4 N–H and O–H groups in total. The first-order valence-electron chi connectivity index (χ1n) is 2.97. The van der Waals surface area contributed by atoms with Gasteiger partial charge in [-0.1, -0.05) is 0 Å². The first kappa shape index (κ1) is 7.90. The van der Waals surface area contributed by atoms with Gasteiger partial charge in [-0.05, 0) is 0 Å². The summed E-state index contributed by atoms with van der Waals surface area (Å²) < 4.78 is 4.47. The third-order valence-electron chi connectivity index (χ3n) is 1.47. The van der Waals surface area contributed by atoms with E-state index in [0.717, 1.165) is 0 Å². The summed E-state index contributed by atoms with van der Waals surface area (Å²) in [5, 5.41) is 35.3. The van der Waals surface area contributed by atoms with Gasteiger partial charge >= 0.3 is 0 Å². The summed E-state index contributed by atoms with van der Waals surface area (Å²) in [7, 11) is 0. The van der Waals surface area contributed by atoms with Crippen LogP contribution in [0.3, 0.4) is 0 Å². The smallest absolute Gasteiger partial charge is 0.183 e. The van der Waals surface area contributed by atoms with E-state index in [-0.39, 0.29) is 6.61 Å². The van der Waals surface area contributed by atoms with Gasteiger partial charge in [-0.15, -0.1) is 0 Å². The zero-order chi connectivity index (χ0) is 7.72. The molecular weight excluding hydrogens is 140 g/mol. The minimum absolute atomic E-state index is 0.153. The number of rotatable bonds is 0. The van der Waals surface area contributed by atoms with E-state index in [0.29, 0.717) is 0 Å². The number of ether oxygens (including phenoxy) is 1. The molecule has 0 aromatic rings. The van der Waals surface area contributed by atoms with Gasteiger partial charge in [-0.2, -0.15) is 0 Å². The Kier molecular flexibility index (Phi) is 2.22. The normalized spacial score (nSPS) is 49.2. The molecule has 1 aliphatic heterocycles. The van der Waals surface area contributed by atoms with E-state index in [1.54, 1.807) is 0 Å². The van der Waals surface area contributed by atoms with E-state index in [1.165, 1.54) is 0 Å². The van der Waals surface area contributed by atoms with E-state index in [2.05, 4.69) is 4.74 Å². The van der Waals surface area contributed by atoms with Gasteiger partial charge in [0, 0.05) is 0 Å². The third kappa shape index (κ3) is 1.28. The summed E-state index contributed by atoms with van der Waals surface area (Å²) >= 11 is 0. The van der Waals surface area contributed by atoms with Crippen molar-refractivity contribution < 1.29 is 25.2 Å². The predicted octanol–water partition coefficient (Wildman–Crippen LogP) is -2.58. The molecule has 1 aliphatic rings. The Bertz CT molecular complexity index is 103. The Morgan fingerprint density at radius 1 is 1.00 bits per heavy atom. The Balaban J connectivity index is 2.52. The molecule has 5 nitrogen and oxygen atoms in total. The second-order valence-electron chi connectivity index (χ2n) is 2.27. The van der Waals surface area contributed by atoms with Crippen molar-refractivity contribution in [2.24, 2.45) is 0 Å². The maximum absolute atomic E-state index is 8.88. The molecule has 0 spiro atoms. The Morgan fingerprint density at radius 3 is 2.10 bits per heavy atom. The van der Waals surface area contributed by atoms with Crippen molar-refractivity contribution in [1.82, 2.24) is 0 Å². The van der Waals surface area contributed by atoms with Crippen molar-refractivity contribution in [3.8, 4) is 0 Å². The van der Waals surface area contributed by atoms with Crippen LogP contribution in [0.1, 0.15) is 0 Å². The van der Waals surface area contributed by atoms with Gasteiger partial charge in [0.2, 0.25) is 0 Å². The summed E-state index contributed by atoms with van der Waals surface area (Å²) in [6.07, 6.45) is -5.23. The van der Waals surface area contributed by atoms with Crippen LogP contribution in [0.25, 0.3) is 0 Å². The van der Waals surface area contributed by atoms with Crippen molar-refractivity contribution in [1.29, 1.82) is 0 Å². The average molecular weight is 150 g/mol. The molecule has 1 rings (SSSR count). The molecule has 0 saturated carbocycles. The van der Waals surface area contributed by atoms with Crippen LogP contribution in [-0.4, -0.2) is 51.6 Å². The summed E-state index contributed by atoms with van der Waals surface area (Å²) in [5.41, 5.74) is 0. The third-order valence-corrected chi connectivity index (χ3v) is 1.47. The van der Waals surface area contributed by atoms with Crippen molar-refractivity contribution >= 4 is 0 Å². The Labute approximate surface area is 57.5 Å². The fourth-order valence-electron chi connectivity index (χ4n) is 0.791. The standard InChI is InChI=1S/C5H10O5/c6-2-1-10-5(9)4(8)3(2)7/h2-9H,1H2/t2-,3+,4?,5-/m0/s1. The molecule has 1 fully saturated rings. The Hall–Kier alpha value is -0.200. The van der Waals surface area contributed by atoms with Gasteiger partial charge in [0.15, 0.2) is 6.29 Å². The second-order valence-corrected chi connectivity index (χ2v) is 2.27. The number of aliphatic hydroxyl groups is 4. The average Bonchev–Trinajstić information content (AvgIpc) is 1.93. The number of aliphatic hydroxyl groups excluding tert-OH is 4. The van der Waals surface area contributed by atoms with E-state index in [4.69, 9.17) is 20.4 Å². The SMILES string of the molecule is OC1[C@@H](O)OC[C@H](O)[C@H]1O. The van der Waals surface area contributed by atoms with Gasteiger partial charge in [0.05, 0.1) is 6.61 Å². The van der Waals surface area contributed by atoms with Crippen LogP contribution in [-0.2, 0) is 4.74 Å². The molecule has 60 valence electrons. The van der Waals surface area contributed by atoms with Crippen LogP contribution in [0.2, 0.25) is 0 Å². The van der Waals surface area contributed by atoms with Gasteiger partial charge < -0.3 is 25.2 Å². The van der Waals surface area contributed by atoms with Crippen LogP contribution in [0.5, 0.6) is 0 Å². The van der Waals surface area contributed by atoms with E-state index in [1.807, 2.05) is 0 Å². The summed E-state index contributed by atoms with van der Waals surface area (Å²) in [5.74, 6) is 0. The maximum atomic E-state index is 8.88. The highest BCUT2D eigenvalue weighted by atomic mass is 16.6. The maximum Gasteiger partial charge on any atom is 0.183 e. The summed E-state index contributed by atoms with van der Waals surface area (Å²) in [6, 6.07) is 0. The largest absolute Gasteiger partial charge is 0.388 e. The lowest BCUT2D eigenvalue weighted by Gasteiger charge is -2.31. The molecule has 1 unspecified atom stereocenters. The van der Waals surface area contributed by atoms with E-state index >= 15 is 0 Å². The molecule has 0 radical (unpaired) electrons. The van der Waals surface area contributed by atoms with Gasteiger partial charge in [-0.25, -0.2) is 0 Å². The van der Waals surface area contributed by atoms with E-state index in [9.17, 15) is 0 Å². The van der Waals surface area contributed by atoms with Crippen LogP contribution in [0.4, 0.5) is 0 Å². The fourth-order valence-corrected chi connectivity index (χ4v) is 0.791. The first-order valence-corrected chi connectivity index (χ1v) is 2.97. The van der Waals surface area contributed by atoms with Gasteiger partial charge in [0.25, 0.3) is 0 Å². The second kappa shape index (κ2) is 2.81. The lowest BCUT2D eigenvalue weighted by atomic mass is 10.1. The van der Waals surface area contributed by atoms with Crippen LogP contribution >= 0.6 is 0 Å². The van der Waals surface area contributed by atoms with Crippen LogP contribution in [0.15, 0.2) is 0 Å². The minimum Gasteiger partial charge on any atom is -0.388 e. The van der Waals surface area contributed by atoms with Crippen molar-refractivity contribution in [2.75, 3.05) is 6.61 Å². The van der Waals surface area contributed by atoms with Crippen LogP contribution in [0, 0.1) is 0 Å². The highest BCUT2D eigenvalue weighted by Crippen LogP contribution is 2.12. The zero-order valence-electron chi connectivity index (χ0n) is 5.21. The molecule has 0 bridgehead atoms. The molecule has 0 aliphatic carbocycles. The highest BCUT2D eigenvalue weighted by molar-refractivity contribution is 4.81. The minimum atomic E-state index is -1.41. The van der Waals surface area contributed by atoms with Crippen molar-refractivity contribution in [3.63, 3.8) is 0 Å². The summed E-state index contributed by atoms with van der Waals surface area (Å²) in [4.78, 5) is 0. The molecule has 10 heavy (non-hydrogen) atoms. The quantitative estimate of drug-likeness (QED) is 0.304. The highest BCUT2D eigenvalue weighted by Gasteiger charge is 2.36.